The zero-order valence-corrected chi connectivity index (χ0v) is 11.1. The fourth-order valence-corrected chi connectivity index (χ4v) is 2.49. The minimum atomic E-state index is 0.00731. The molecule has 1 aliphatic rings. The van der Waals surface area contributed by atoms with Gasteiger partial charge in [-0.2, -0.15) is 0 Å². The number of aromatic nitrogens is 1. The standard InChI is InChI=1S/C13H18ClN3O/c14-11-8-10(9-12(15)16-11)13(18)17-6-4-2-1-3-5-7-17/h8-9H,1-7H2,(H2,15,16). The molecule has 1 aliphatic heterocycles. The lowest BCUT2D eigenvalue weighted by atomic mass is 10.1. The molecule has 0 unspecified atom stereocenters. The van der Waals surface area contributed by atoms with Crippen molar-refractivity contribution in [2.45, 2.75) is 32.1 Å². The Kier molecular flexibility index (Phi) is 4.42. The number of hydrogen-bond donors (Lipinski definition) is 1. The van der Waals surface area contributed by atoms with Crippen LogP contribution in [-0.2, 0) is 0 Å². The van der Waals surface area contributed by atoms with Crippen LogP contribution in [0.5, 0.6) is 0 Å². The van der Waals surface area contributed by atoms with Gasteiger partial charge in [0.05, 0.1) is 0 Å². The number of carbonyl (C=O) groups excluding carboxylic acids is 1. The lowest BCUT2D eigenvalue weighted by Gasteiger charge is -2.24. The van der Waals surface area contributed by atoms with Gasteiger partial charge in [0.25, 0.3) is 5.91 Å². The average Bonchev–Trinajstić information content (AvgIpc) is 2.26. The molecule has 1 saturated heterocycles. The maximum Gasteiger partial charge on any atom is 0.254 e. The summed E-state index contributed by atoms with van der Waals surface area (Å²) in [5, 5.41) is 0.269. The van der Waals surface area contributed by atoms with E-state index in [1.807, 2.05) is 4.90 Å². The van der Waals surface area contributed by atoms with Crippen LogP contribution in [0.2, 0.25) is 5.15 Å². The topological polar surface area (TPSA) is 59.2 Å². The Bertz CT molecular complexity index is 408. The van der Waals surface area contributed by atoms with Gasteiger partial charge >= 0.3 is 0 Å². The molecule has 1 aromatic rings. The first-order valence-corrected chi connectivity index (χ1v) is 6.77. The Morgan fingerprint density at radius 1 is 1.17 bits per heavy atom. The highest BCUT2D eigenvalue weighted by Gasteiger charge is 2.17. The highest BCUT2D eigenvalue weighted by Crippen LogP contribution is 2.17. The van der Waals surface area contributed by atoms with Gasteiger partial charge in [0.15, 0.2) is 0 Å². The first-order chi connectivity index (χ1) is 8.66. The molecule has 5 heteroatoms. The second kappa shape index (κ2) is 6.05. The summed E-state index contributed by atoms with van der Waals surface area (Å²) in [5.74, 6) is 0.297. The van der Waals surface area contributed by atoms with Gasteiger partial charge in [-0.05, 0) is 25.0 Å². The molecule has 1 aromatic heterocycles. The van der Waals surface area contributed by atoms with Crippen molar-refractivity contribution in [3.05, 3.63) is 22.8 Å². The molecule has 1 amide bonds. The number of likely N-dealkylation sites (tertiary alicyclic amines) is 1. The van der Waals surface area contributed by atoms with Crippen LogP contribution in [-0.4, -0.2) is 28.9 Å². The monoisotopic (exact) mass is 267 g/mol. The fraction of sp³-hybridized carbons (Fsp3) is 0.538. The van der Waals surface area contributed by atoms with Crippen molar-refractivity contribution >= 4 is 23.3 Å². The number of amides is 1. The van der Waals surface area contributed by atoms with Gasteiger partial charge in [0, 0.05) is 18.7 Å². The third-order valence-corrected chi connectivity index (χ3v) is 3.40. The summed E-state index contributed by atoms with van der Waals surface area (Å²) in [5.41, 5.74) is 6.15. The van der Waals surface area contributed by atoms with E-state index in [0.717, 1.165) is 25.9 Å². The van der Waals surface area contributed by atoms with Crippen LogP contribution < -0.4 is 5.73 Å². The van der Waals surface area contributed by atoms with E-state index in [9.17, 15) is 4.79 Å². The largest absolute Gasteiger partial charge is 0.384 e. The average molecular weight is 268 g/mol. The number of rotatable bonds is 1. The van der Waals surface area contributed by atoms with Crippen LogP contribution in [0.25, 0.3) is 0 Å². The van der Waals surface area contributed by atoms with Crippen molar-refractivity contribution in [2.24, 2.45) is 0 Å². The Balaban J connectivity index is 2.13. The molecule has 4 nitrogen and oxygen atoms in total. The summed E-state index contributed by atoms with van der Waals surface area (Å²) in [4.78, 5) is 18.1. The molecule has 0 spiro atoms. The minimum absolute atomic E-state index is 0.00731. The molecule has 1 fully saturated rings. The third kappa shape index (κ3) is 3.35. The molecule has 2 N–H and O–H groups in total. The van der Waals surface area contributed by atoms with Crippen LogP contribution in [0.3, 0.4) is 0 Å². The number of nitrogens with zero attached hydrogens (tertiary/aromatic N) is 2. The third-order valence-electron chi connectivity index (χ3n) is 3.20. The molecule has 98 valence electrons. The van der Waals surface area contributed by atoms with E-state index in [4.69, 9.17) is 17.3 Å². The van der Waals surface area contributed by atoms with Gasteiger partial charge in [0.1, 0.15) is 11.0 Å². The minimum Gasteiger partial charge on any atom is -0.384 e. The Hall–Kier alpha value is -1.29. The van der Waals surface area contributed by atoms with Crippen molar-refractivity contribution in [1.29, 1.82) is 0 Å². The summed E-state index contributed by atoms with van der Waals surface area (Å²) >= 11 is 5.83. The molecular formula is C13H18ClN3O. The second-order valence-corrected chi connectivity index (χ2v) is 5.05. The number of halogens is 1. The summed E-state index contributed by atoms with van der Waals surface area (Å²) in [6, 6.07) is 3.17. The zero-order chi connectivity index (χ0) is 13.0. The lowest BCUT2D eigenvalue weighted by Crippen LogP contribution is -2.33. The summed E-state index contributed by atoms with van der Waals surface area (Å²) < 4.78 is 0. The summed E-state index contributed by atoms with van der Waals surface area (Å²) in [7, 11) is 0. The van der Waals surface area contributed by atoms with E-state index >= 15 is 0 Å². The predicted molar refractivity (Wildman–Crippen MR) is 72.6 cm³/mol. The number of nitrogens with two attached hydrogens (primary N) is 1. The van der Waals surface area contributed by atoms with E-state index in [0.29, 0.717) is 5.56 Å². The van der Waals surface area contributed by atoms with E-state index in [1.54, 1.807) is 12.1 Å². The van der Waals surface area contributed by atoms with Crippen LogP contribution in [0.15, 0.2) is 12.1 Å². The molecule has 2 rings (SSSR count). The van der Waals surface area contributed by atoms with Gasteiger partial charge in [-0.15, -0.1) is 0 Å². The quantitative estimate of drug-likeness (QED) is 0.796. The molecule has 0 radical (unpaired) electrons. The number of hydrogen-bond acceptors (Lipinski definition) is 3. The van der Waals surface area contributed by atoms with E-state index < -0.39 is 0 Å². The van der Waals surface area contributed by atoms with Gasteiger partial charge < -0.3 is 10.6 Å². The number of carbonyl (C=O) groups is 1. The second-order valence-electron chi connectivity index (χ2n) is 4.66. The van der Waals surface area contributed by atoms with E-state index in [-0.39, 0.29) is 16.9 Å². The first kappa shape index (κ1) is 13.1. The summed E-state index contributed by atoms with van der Waals surface area (Å²) in [6.45, 7) is 1.64. The molecule has 0 aromatic carbocycles. The molecule has 0 aliphatic carbocycles. The maximum absolute atomic E-state index is 12.4. The Labute approximate surface area is 112 Å². The fourth-order valence-electron chi connectivity index (χ4n) is 2.27. The van der Waals surface area contributed by atoms with E-state index in [2.05, 4.69) is 4.98 Å². The highest BCUT2D eigenvalue weighted by atomic mass is 35.5. The van der Waals surface area contributed by atoms with Crippen LogP contribution in [0, 0.1) is 0 Å². The van der Waals surface area contributed by atoms with Gasteiger partial charge in [0.2, 0.25) is 0 Å². The van der Waals surface area contributed by atoms with Crippen molar-refractivity contribution < 1.29 is 4.79 Å². The molecular weight excluding hydrogens is 250 g/mol. The lowest BCUT2D eigenvalue weighted by molar-refractivity contribution is 0.0742. The molecule has 18 heavy (non-hydrogen) atoms. The molecule has 2 heterocycles. The molecule has 0 saturated carbocycles. The Morgan fingerprint density at radius 2 is 1.78 bits per heavy atom. The number of pyridine rings is 1. The first-order valence-electron chi connectivity index (χ1n) is 6.39. The normalized spacial score (nSPS) is 17.1. The summed E-state index contributed by atoms with van der Waals surface area (Å²) in [6.07, 6.45) is 5.81. The van der Waals surface area contributed by atoms with Crippen LogP contribution in [0.4, 0.5) is 5.82 Å². The Morgan fingerprint density at radius 3 is 2.39 bits per heavy atom. The van der Waals surface area contributed by atoms with Crippen LogP contribution in [0.1, 0.15) is 42.5 Å². The van der Waals surface area contributed by atoms with Gasteiger partial charge in [-0.1, -0.05) is 30.9 Å². The SMILES string of the molecule is Nc1cc(C(=O)N2CCCCCCC2)cc(Cl)n1. The highest BCUT2D eigenvalue weighted by molar-refractivity contribution is 6.29. The van der Waals surface area contributed by atoms with Gasteiger partial charge in [-0.25, -0.2) is 4.98 Å². The van der Waals surface area contributed by atoms with Crippen LogP contribution >= 0.6 is 11.6 Å². The van der Waals surface area contributed by atoms with Crippen molar-refractivity contribution in [1.82, 2.24) is 9.88 Å². The molecule has 0 atom stereocenters. The number of nitrogen functional groups attached to an aromatic ring is 1. The van der Waals surface area contributed by atoms with Crippen molar-refractivity contribution in [3.8, 4) is 0 Å². The predicted octanol–water partition coefficient (Wildman–Crippen LogP) is 2.72. The molecule has 0 bridgehead atoms. The van der Waals surface area contributed by atoms with E-state index in [1.165, 1.54) is 19.3 Å². The maximum atomic E-state index is 12.4. The number of anilines is 1. The smallest absolute Gasteiger partial charge is 0.254 e. The van der Waals surface area contributed by atoms with Crippen molar-refractivity contribution in [2.75, 3.05) is 18.8 Å². The zero-order valence-electron chi connectivity index (χ0n) is 10.4. The van der Waals surface area contributed by atoms with Crippen molar-refractivity contribution in [3.63, 3.8) is 0 Å². The van der Waals surface area contributed by atoms with Gasteiger partial charge in [-0.3, -0.25) is 4.79 Å².